The van der Waals surface area contributed by atoms with Gasteiger partial charge in [0, 0.05) is 6.42 Å². The highest BCUT2D eigenvalue weighted by molar-refractivity contribution is 5.66. The molecule has 1 aromatic carbocycles. The molecule has 20 heavy (non-hydrogen) atoms. The van der Waals surface area contributed by atoms with E-state index in [9.17, 15) is 4.79 Å². The minimum absolute atomic E-state index is 0.0780. The van der Waals surface area contributed by atoms with Crippen LogP contribution in [0.1, 0.15) is 37.4 Å². The van der Waals surface area contributed by atoms with Gasteiger partial charge in [-0.3, -0.25) is 4.79 Å². The Balaban J connectivity index is 2.02. The largest absolute Gasteiger partial charge is 0.481 e. The number of carboxylic acid groups (broad SMARTS) is 1. The van der Waals surface area contributed by atoms with Gasteiger partial charge in [0.25, 0.3) is 0 Å². The van der Waals surface area contributed by atoms with Crippen LogP contribution in [-0.4, -0.2) is 26.1 Å². The number of rotatable bonds is 7. The van der Waals surface area contributed by atoms with Crippen LogP contribution < -0.4 is 0 Å². The zero-order valence-corrected chi connectivity index (χ0v) is 11.6. The van der Waals surface area contributed by atoms with E-state index >= 15 is 0 Å². The first kappa shape index (κ1) is 14.2. The normalized spacial score (nSPS) is 10.7. The van der Waals surface area contributed by atoms with E-state index in [0.717, 1.165) is 12.1 Å². The maximum atomic E-state index is 10.5. The molecule has 0 atom stereocenters. The van der Waals surface area contributed by atoms with Crippen LogP contribution in [0.4, 0.5) is 0 Å². The lowest BCUT2D eigenvalue weighted by Crippen LogP contribution is -1.97. The van der Waals surface area contributed by atoms with Crippen LogP contribution in [-0.2, 0) is 17.6 Å². The average Bonchev–Trinajstić information content (AvgIpc) is 2.92. The summed E-state index contributed by atoms with van der Waals surface area (Å²) in [5.74, 6) is -0.820. The van der Waals surface area contributed by atoms with Gasteiger partial charge in [0.2, 0.25) is 0 Å². The molecule has 0 aliphatic rings. The van der Waals surface area contributed by atoms with Crippen molar-refractivity contribution < 1.29 is 9.90 Å². The third kappa shape index (κ3) is 3.91. The lowest BCUT2D eigenvalue weighted by molar-refractivity contribution is -0.136. The summed E-state index contributed by atoms with van der Waals surface area (Å²) < 4.78 is 1.68. The molecule has 106 valence electrons. The molecule has 0 radical (unpaired) electrons. The molecule has 1 N–H and O–H groups in total. The minimum atomic E-state index is -0.820. The number of nitrogens with zero attached hydrogens (tertiary/aromatic N) is 3. The summed E-state index contributed by atoms with van der Waals surface area (Å²) >= 11 is 0. The second-order valence-corrected chi connectivity index (χ2v) is 4.82. The highest BCUT2D eigenvalue weighted by Gasteiger charge is 2.05. The smallest absolute Gasteiger partial charge is 0.303 e. The molecule has 0 spiro atoms. The molecule has 2 aromatic rings. The van der Waals surface area contributed by atoms with Gasteiger partial charge in [-0.15, -0.1) is 5.10 Å². The highest BCUT2D eigenvalue weighted by Crippen LogP contribution is 2.11. The monoisotopic (exact) mass is 273 g/mol. The minimum Gasteiger partial charge on any atom is -0.481 e. The van der Waals surface area contributed by atoms with Crippen molar-refractivity contribution in [3.8, 4) is 5.69 Å². The van der Waals surface area contributed by atoms with E-state index < -0.39 is 5.97 Å². The summed E-state index contributed by atoms with van der Waals surface area (Å²) in [4.78, 5) is 10.5. The zero-order valence-electron chi connectivity index (χ0n) is 11.6. The fourth-order valence-corrected chi connectivity index (χ4v) is 1.97. The van der Waals surface area contributed by atoms with Gasteiger partial charge in [-0.2, -0.15) is 0 Å². The molecule has 2 rings (SSSR count). The van der Waals surface area contributed by atoms with Crippen molar-refractivity contribution in [1.82, 2.24) is 15.0 Å². The third-order valence-corrected chi connectivity index (χ3v) is 3.16. The fraction of sp³-hybridized carbons (Fsp3) is 0.400. The summed E-state index contributed by atoms with van der Waals surface area (Å²) in [6.45, 7) is 2.18. The van der Waals surface area contributed by atoms with E-state index in [-0.39, 0.29) is 6.42 Å². The molecule has 0 bridgehead atoms. The summed E-state index contributed by atoms with van der Waals surface area (Å²) in [5.41, 5.74) is 2.96. The van der Waals surface area contributed by atoms with Gasteiger partial charge in [0.1, 0.15) is 0 Å². The van der Waals surface area contributed by atoms with Gasteiger partial charge in [-0.25, -0.2) is 4.68 Å². The number of hydrogen-bond acceptors (Lipinski definition) is 3. The number of hydrogen-bond donors (Lipinski definition) is 1. The number of carboxylic acids is 1. The molecule has 0 saturated heterocycles. The van der Waals surface area contributed by atoms with Crippen molar-refractivity contribution in [2.45, 2.75) is 39.0 Å². The van der Waals surface area contributed by atoms with Crippen LogP contribution in [0, 0.1) is 0 Å². The van der Waals surface area contributed by atoms with E-state index in [0.29, 0.717) is 12.1 Å². The number of unbranched alkanes of at least 4 members (excludes halogenated alkanes) is 1. The molecule has 0 saturated carbocycles. The van der Waals surface area contributed by atoms with Crippen LogP contribution in [0.2, 0.25) is 0 Å². The summed E-state index contributed by atoms with van der Waals surface area (Å²) in [5, 5.41) is 16.7. The Labute approximate surface area is 118 Å². The Kier molecular flexibility index (Phi) is 4.87. The maximum absolute atomic E-state index is 10.5. The third-order valence-electron chi connectivity index (χ3n) is 3.16. The molecule has 0 unspecified atom stereocenters. The SMILES string of the molecule is CCCCc1ccc(-n2cc(CCC(=O)O)nn2)cc1. The van der Waals surface area contributed by atoms with Crippen molar-refractivity contribution >= 4 is 5.97 Å². The lowest BCUT2D eigenvalue weighted by Gasteiger charge is -2.03. The van der Waals surface area contributed by atoms with Crippen molar-refractivity contribution in [1.29, 1.82) is 0 Å². The molecule has 5 heteroatoms. The van der Waals surface area contributed by atoms with Gasteiger partial charge >= 0.3 is 5.97 Å². The van der Waals surface area contributed by atoms with E-state index in [1.165, 1.54) is 18.4 Å². The second-order valence-electron chi connectivity index (χ2n) is 4.82. The summed E-state index contributed by atoms with van der Waals surface area (Å²) in [6, 6.07) is 8.23. The first-order valence-electron chi connectivity index (χ1n) is 6.91. The van der Waals surface area contributed by atoms with Crippen LogP contribution in [0.25, 0.3) is 5.69 Å². The Bertz CT molecular complexity index is 561. The van der Waals surface area contributed by atoms with Gasteiger partial charge in [-0.05, 0) is 30.5 Å². The van der Waals surface area contributed by atoms with E-state index in [4.69, 9.17) is 5.11 Å². The van der Waals surface area contributed by atoms with E-state index in [1.807, 2.05) is 12.1 Å². The maximum Gasteiger partial charge on any atom is 0.303 e. The molecule has 1 heterocycles. The molecular weight excluding hydrogens is 254 g/mol. The molecule has 5 nitrogen and oxygen atoms in total. The topological polar surface area (TPSA) is 68.0 Å². The number of aromatic nitrogens is 3. The lowest BCUT2D eigenvalue weighted by atomic mass is 10.1. The van der Waals surface area contributed by atoms with Crippen molar-refractivity contribution in [3.05, 3.63) is 41.7 Å². The average molecular weight is 273 g/mol. The van der Waals surface area contributed by atoms with Crippen LogP contribution in [0.5, 0.6) is 0 Å². The Morgan fingerprint density at radius 1 is 1.25 bits per heavy atom. The van der Waals surface area contributed by atoms with E-state index in [1.54, 1.807) is 10.9 Å². The summed E-state index contributed by atoms with van der Waals surface area (Å²) in [7, 11) is 0. The fourth-order valence-electron chi connectivity index (χ4n) is 1.97. The van der Waals surface area contributed by atoms with Crippen LogP contribution >= 0.6 is 0 Å². The summed E-state index contributed by atoms with van der Waals surface area (Å²) in [6.07, 6.45) is 5.75. The standard InChI is InChI=1S/C15H19N3O2/c1-2-3-4-12-5-8-14(9-6-12)18-11-13(16-17-18)7-10-15(19)20/h5-6,8-9,11H,2-4,7,10H2,1H3,(H,19,20). The zero-order chi connectivity index (χ0) is 14.4. The predicted molar refractivity (Wildman–Crippen MR) is 75.9 cm³/mol. The molecule has 0 aliphatic carbocycles. The van der Waals surface area contributed by atoms with Crippen LogP contribution in [0.15, 0.2) is 30.5 Å². The molecular formula is C15H19N3O2. The number of carbonyl (C=O) groups is 1. The quantitative estimate of drug-likeness (QED) is 0.842. The molecule has 0 amide bonds. The van der Waals surface area contributed by atoms with E-state index in [2.05, 4.69) is 29.4 Å². The first-order valence-corrected chi connectivity index (χ1v) is 6.91. The predicted octanol–water partition coefficient (Wildman–Crippen LogP) is 2.63. The number of aliphatic carboxylic acids is 1. The van der Waals surface area contributed by atoms with Crippen molar-refractivity contribution in [2.24, 2.45) is 0 Å². The molecule has 0 aliphatic heterocycles. The van der Waals surface area contributed by atoms with Gasteiger partial charge in [0.05, 0.1) is 24.0 Å². The number of benzene rings is 1. The van der Waals surface area contributed by atoms with Gasteiger partial charge < -0.3 is 5.11 Å². The van der Waals surface area contributed by atoms with Crippen molar-refractivity contribution in [3.63, 3.8) is 0 Å². The van der Waals surface area contributed by atoms with Crippen molar-refractivity contribution in [2.75, 3.05) is 0 Å². The first-order chi connectivity index (χ1) is 9.69. The van der Waals surface area contributed by atoms with Gasteiger partial charge in [0.15, 0.2) is 0 Å². The molecule has 0 fully saturated rings. The number of aryl methyl sites for hydroxylation is 2. The Morgan fingerprint density at radius 3 is 2.65 bits per heavy atom. The van der Waals surface area contributed by atoms with Crippen LogP contribution in [0.3, 0.4) is 0 Å². The Hall–Kier alpha value is -2.17. The second kappa shape index (κ2) is 6.84. The Morgan fingerprint density at radius 2 is 2.00 bits per heavy atom. The van der Waals surface area contributed by atoms with Gasteiger partial charge in [-0.1, -0.05) is 30.7 Å². The highest BCUT2D eigenvalue weighted by atomic mass is 16.4. The molecule has 1 aromatic heterocycles.